The summed E-state index contributed by atoms with van der Waals surface area (Å²) in [7, 11) is 0. The van der Waals surface area contributed by atoms with Crippen LogP contribution in [0.4, 0.5) is 4.79 Å². The Hall–Kier alpha value is -2.32. The molecule has 0 radical (unpaired) electrons. The van der Waals surface area contributed by atoms with Crippen molar-refractivity contribution in [2.24, 2.45) is 11.8 Å². The van der Waals surface area contributed by atoms with E-state index in [0.717, 1.165) is 54.2 Å². The number of amides is 1. The van der Waals surface area contributed by atoms with Gasteiger partial charge in [0.25, 0.3) is 0 Å². The number of halogens is 2. The lowest BCUT2D eigenvalue weighted by Gasteiger charge is -2.40. The molecule has 0 bridgehead atoms. The molecule has 1 saturated heterocycles. The van der Waals surface area contributed by atoms with Gasteiger partial charge in [0.15, 0.2) is 0 Å². The minimum atomic E-state index is -0.592. The number of carbonyl (C=O) groups excluding carboxylic acids is 2. The number of nitrogens with one attached hydrogen (secondary N) is 1. The van der Waals surface area contributed by atoms with Crippen LogP contribution in [0.2, 0.25) is 5.02 Å². The third kappa shape index (κ3) is 11.8. The minimum Gasteiger partial charge on any atom is -1.00 e. The normalized spacial score (nSPS) is 15.5. The summed E-state index contributed by atoms with van der Waals surface area (Å²) in [5.74, 6) is -0.702. The molecule has 1 heterocycles. The molecule has 7 nitrogen and oxygen atoms in total. The topological polar surface area (TPSA) is 73.9 Å². The van der Waals surface area contributed by atoms with Gasteiger partial charge in [-0.15, -0.1) is 0 Å². The number of likely N-dealkylation sites (tertiary alicyclic amines) is 1. The molecule has 0 aromatic heterocycles. The maximum atomic E-state index is 13.1. The molecule has 0 saturated carbocycles. The average molecular weight is 610 g/mol. The average Bonchev–Trinajstić information content (AvgIpc) is 2.90. The molecule has 1 aliphatic rings. The first-order valence-corrected chi connectivity index (χ1v) is 14.8. The number of piperidine rings is 1. The van der Waals surface area contributed by atoms with Crippen LogP contribution in [-0.4, -0.2) is 61.7 Å². The Morgan fingerprint density at radius 2 is 1.54 bits per heavy atom. The Kier molecular flexibility index (Phi) is 13.9. The summed E-state index contributed by atoms with van der Waals surface area (Å²) in [6, 6.07) is 16.2. The number of carbonyl (C=O) groups is 2. The molecule has 0 aliphatic carbocycles. The zero-order chi connectivity index (χ0) is 29.2. The first-order valence-electron chi connectivity index (χ1n) is 14.4. The van der Waals surface area contributed by atoms with Crippen LogP contribution in [0.3, 0.4) is 0 Å². The van der Waals surface area contributed by atoms with E-state index in [1.807, 2.05) is 58.9 Å². The first kappa shape index (κ1) is 34.9. The van der Waals surface area contributed by atoms with Gasteiger partial charge in [0.2, 0.25) is 6.73 Å². The van der Waals surface area contributed by atoms with E-state index in [2.05, 4.69) is 29.6 Å². The number of hydrogen-bond acceptors (Lipinski definition) is 5. The third-order valence-corrected chi connectivity index (χ3v) is 7.58. The number of nitrogens with zero attached hydrogens (tertiary/aromatic N) is 1. The predicted octanol–water partition coefficient (Wildman–Crippen LogP) is 3.83. The summed E-state index contributed by atoms with van der Waals surface area (Å²) in [5.41, 5.74) is 2.79. The van der Waals surface area contributed by atoms with E-state index in [-0.39, 0.29) is 30.8 Å². The van der Waals surface area contributed by atoms with E-state index in [1.165, 1.54) is 6.42 Å². The molecule has 1 atom stereocenters. The van der Waals surface area contributed by atoms with E-state index in [9.17, 15) is 9.59 Å². The third-order valence-electron chi connectivity index (χ3n) is 7.33. The van der Waals surface area contributed by atoms with Crippen LogP contribution in [0.15, 0.2) is 48.5 Å². The predicted molar refractivity (Wildman–Crippen MR) is 159 cm³/mol. The number of alkyl carbamates (subject to hydrolysis) is 1. The molecule has 41 heavy (non-hydrogen) atoms. The zero-order valence-corrected chi connectivity index (χ0v) is 26.6. The molecular formula is C32H46Cl2N2O5. The Bertz CT molecular complexity index is 1080. The molecule has 2 aromatic carbocycles. The minimum absolute atomic E-state index is 0. The van der Waals surface area contributed by atoms with E-state index in [0.29, 0.717) is 24.4 Å². The highest BCUT2D eigenvalue weighted by atomic mass is 35.5. The molecule has 1 aliphatic heterocycles. The van der Waals surface area contributed by atoms with Gasteiger partial charge in [-0.2, -0.15) is 0 Å². The first-order chi connectivity index (χ1) is 19.0. The maximum Gasteiger partial charge on any atom is 0.407 e. The lowest BCUT2D eigenvalue weighted by molar-refractivity contribution is -0.948. The van der Waals surface area contributed by atoms with Gasteiger partial charge in [0, 0.05) is 11.6 Å². The summed E-state index contributed by atoms with van der Waals surface area (Å²) >= 11 is 6.00. The van der Waals surface area contributed by atoms with Gasteiger partial charge in [-0.25, -0.2) is 4.79 Å². The fraction of sp³-hybridized carbons (Fsp3) is 0.562. The van der Waals surface area contributed by atoms with Crippen molar-refractivity contribution in [3.8, 4) is 11.1 Å². The van der Waals surface area contributed by atoms with E-state index in [4.69, 9.17) is 25.8 Å². The maximum absolute atomic E-state index is 13.1. The molecule has 1 unspecified atom stereocenters. The largest absolute Gasteiger partial charge is 1.00 e. The van der Waals surface area contributed by atoms with Gasteiger partial charge in [-0.05, 0) is 74.8 Å². The molecule has 228 valence electrons. The lowest BCUT2D eigenvalue weighted by atomic mass is 9.96. The van der Waals surface area contributed by atoms with Crippen LogP contribution >= 0.6 is 11.6 Å². The summed E-state index contributed by atoms with van der Waals surface area (Å²) in [6.07, 6.45) is 2.89. The van der Waals surface area contributed by atoms with Gasteiger partial charge >= 0.3 is 12.1 Å². The number of hydrogen-bond donors (Lipinski definition) is 1. The van der Waals surface area contributed by atoms with Crippen molar-refractivity contribution < 1.29 is 40.7 Å². The highest BCUT2D eigenvalue weighted by molar-refractivity contribution is 6.30. The van der Waals surface area contributed by atoms with Gasteiger partial charge in [0.1, 0.15) is 12.1 Å². The van der Waals surface area contributed by atoms with Gasteiger partial charge in [-0.3, -0.25) is 9.28 Å². The summed E-state index contributed by atoms with van der Waals surface area (Å²) in [5, 5.41) is 3.46. The highest BCUT2D eigenvalue weighted by Crippen LogP contribution is 2.23. The van der Waals surface area contributed by atoms with Crippen LogP contribution in [0.1, 0.15) is 59.4 Å². The Morgan fingerprint density at radius 3 is 2.10 bits per heavy atom. The van der Waals surface area contributed by atoms with Gasteiger partial charge in [0.05, 0.1) is 32.2 Å². The van der Waals surface area contributed by atoms with Crippen molar-refractivity contribution in [3.63, 3.8) is 0 Å². The quantitative estimate of drug-likeness (QED) is 0.225. The van der Waals surface area contributed by atoms with Crippen LogP contribution in [0.25, 0.3) is 11.1 Å². The van der Waals surface area contributed by atoms with E-state index >= 15 is 0 Å². The van der Waals surface area contributed by atoms with Crippen molar-refractivity contribution in [2.45, 2.75) is 66.1 Å². The molecule has 0 spiro atoms. The number of esters is 1. The second-order valence-electron chi connectivity index (χ2n) is 12.2. The number of ether oxygens (including phenoxy) is 3. The van der Waals surface area contributed by atoms with Crippen molar-refractivity contribution >= 4 is 23.7 Å². The van der Waals surface area contributed by atoms with Crippen LogP contribution in [0.5, 0.6) is 0 Å². The van der Waals surface area contributed by atoms with Crippen LogP contribution in [0, 0.1) is 11.8 Å². The monoisotopic (exact) mass is 608 g/mol. The molecule has 1 fully saturated rings. The van der Waals surface area contributed by atoms with Gasteiger partial charge < -0.3 is 31.9 Å². The fourth-order valence-electron chi connectivity index (χ4n) is 4.89. The molecule has 1 amide bonds. The summed E-state index contributed by atoms with van der Waals surface area (Å²) in [6.45, 7) is 13.7. The Balaban J connectivity index is 0.00000588. The van der Waals surface area contributed by atoms with Gasteiger partial charge in [-0.1, -0.05) is 61.8 Å². The number of rotatable bonds is 12. The molecule has 2 aromatic rings. The van der Waals surface area contributed by atoms with Crippen molar-refractivity contribution in [1.82, 2.24) is 5.32 Å². The SMILES string of the molecule is CC(C)C(CNC(=O)OC(C)(C)C)C(=O)OC[N+]1(CCOCc2ccc(-c3ccc(Cl)cc3)cc2)CCCCC1.[Cl-]. The molecular weight excluding hydrogens is 563 g/mol. The van der Waals surface area contributed by atoms with Crippen LogP contribution < -0.4 is 17.7 Å². The smallest absolute Gasteiger partial charge is 0.407 e. The number of benzene rings is 2. The standard InChI is InChI=1S/C32H45ClN2O5.ClH/c1-24(2)29(21-34-31(37)40-32(3,4)5)30(36)39-23-35(17-7-6-8-18-35)19-20-38-22-25-9-11-26(12-10-25)27-13-15-28(33)16-14-27;/h9-16,24,29H,6-8,17-23H2,1-5H3;1H. The summed E-state index contributed by atoms with van der Waals surface area (Å²) in [4.78, 5) is 25.2. The second-order valence-corrected chi connectivity index (χ2v) is 12.6. The molecule has 3 rings (SSSR count). The van der Waals surface area contributed by atoms with E-state index < -0.39 is 17.6 Å². The summed E-state index contributed by atoms with van der Waals surface area (Å²) < 4.78 is 18.0. The second kappa shape index (κ2) is 16.4. The highest BCUT2D eigenvalue weighted by Gasteiger charge is 2.33. The lowest BCUT2D eigenvalue weighted by Crippen LogP contribution is -3.00. The van der Waals surface area contributed by atoms with E-state index in [1.54, 1.807) is 0 Å². The number of quaternary nitrogens is 1. The fourth-order valence-corrected chi connectivity index (χ4v) is 5.02. The molecule has 9 heteroatoms. The Morgan fingerprint density at radius 1 is 0.951 bits per heavy atom. The zero-order valence-electron chi connectivity index (χ0n) is 25.1. The van der Waals surface area contributed by atoms with Crippen molar-refractivity contribution in [2.75, 3.05) is 39.5 Å². The van der Waals surface area contributed by atoms with Crippen LogP contribution in [-0.2, 0) is 25.6 Å². The van der Waals surface area contributed by atoms with Crippen molar-refractivity contribution in [3.05, 3.63) is 59.1 Å². The van der Waals surface area contributed by atoms with Crippen molar-refractivity contribution in [1.29, 1.82) is 0 Å². The Labute approximate surface area is 256 Å². The molecule has 1 N–H and O–H groups in total.